The Kier molecular flexibility index (Phi) is 3.41. The average Bonchev–Trinajstić information content (AvgIpc) is 2.97. The molecule has 0 N–H and O–H groups in total. The fourth-order valence-electron chi connectivity index (χ4n) is 1.94. The zero-order valence-electron chi connectivity index (χ0n) is 10.7. The van der Waals surface area contributed by atoms with Crippen LogP contribution in [0.2, 0.25) is 5.02 Å². The fourth-order valence-corrected chi connectivity index (χ4v) is 2.13. The lowest BCUT2D eigenvalue weighted by Crippen LogP contribution is -1.87. The van der Waals surface area contributed by atoms with Crippen molar-refractivity contribution in [3.8, 4) is 22.6 Å². The summed E-state index contributed by atoms with van der Waals surface area (Å²) in [5, 5.41) is 15.2. The van der Waals surface area contributed by atoms with E-state index < -0.39 is 4.92 Å². The number of benzene rings is 2. The first kappa shape index (κ1) is 13.3. The van der Waals surface area contributed by atoms with E-state index in [9.17, 15) is 10.1 Å². The Morgan fingerprint density at radius 2 is 1.81 bits per heavy atom. The molecule has 1 aromatic heterocycles. The molecule has 5 nitrogen and oxygen atoms in total. The smallest absolute Gasteiger partial charge is 0.269 e. The van der Waals surface area contributed by atoms with E-state index in [1.807, 2.05) is 12.1 Å². The SMILES string of the molecule is O=[N+]([O-])c1ccc(-c2cc(-c3cccc(Cl)c3)on2)cc1. The van der Waals surface area contributed by atoms with Gasteiger partial charge in [-0.25, -0.2) is 0 Å². The summed E-state index contributed by atoms with van der Waals surface area (Å²) in [6, 6.07) is 15.2. The lowest BCUT2D eigenvalue weighted by Gasteiger charge is -1.95. The minimum Gasteiger partial charge on any atom is -0.356 e. The lowest BCUT2D eigenvalue weighted by atomic mass is 10.1. The van der Waals surface area contributed by atoms with Gasteiger partial charge in [-0.2, -0.15) is 0 Å². The molecule has 0 saturated heterocycles. The lowest BCUT2D eigenvalue weighted by molar-refractivity contribution is -0.384. The number of nitro groups is 1. The van der Waals surface area contributed by atoms with Gasteiger partial charge in [0, 0.05) is 34.3 Å². The Hall–Kier alpha value is -2.66. The summed E-state index contributed by atoms with van der Waals surface area (Å²) in [6.07, 6.45) is 0. The summed E-state index contributed by atoms with van der Waals surface area (Å²) in [7, 11) is 0. The molecule has 0 saturated carbocycles. The van der Waals surface area contributed by atoms with Crippen molar-refractivity contribution in [1.82, 2.24) is 5.16 Å². The third kappa shape index (κ3) is 2.78. The highest BCUT2D eigenvalue weighted by molar-refractivity contribution is 6.30. The number of non-ortho nitro benzene ring substituents is 1. The van der Waals surface area contributed by atoms with E-state index in [1.54, 1.807) is 30.3 Å². The van der Waals surface area contributed by atoms with Crippen LogP contribution < -0.4 is 0 Å². The van der Waals surface area contributed by atoms with Crippen LogP contribution in [0, 0.1) is 10.1 Å². The zero-order valence-corrected chi connectivity index (χ0v) is 11.4. The number of aromatic nitrogens is 1. The van der Waals surface area contributed by atoms with E-state index in [4.69, 9.17) is 16.1 Å². The Morgan fingerprint density at radius 1 is 1.05 bits per heavy atom. The molecule has 104 valence electrons. The summed E-state index contributed by atoms with van der Waals surface area (Å²) >= 11 is 5.94. The molecule has 21 heavy (non-hydrogen) atoms. The van der Waals surface area contributed by atoms with Crippen molar-refractivity contribution >= 4 is 17.3 Å². The monoisotopic (exact) mass is 300 g/mol. The summed E-state index contributed by atoms with van der Waals surface area (Å²) < 4.78 is 5.30. The van der Waals surface area contributed by atoms with Gasteiger partial charge in [-0.1, -0.05) is 28.9 Å². The van der Waals surface area contributed by atoms with Crippen molar-refractivity contribution in [3.63, 3.8) is 0 Å². The van der Waals surface area contributed by atoms with Gasteiger partial charge in [0.05, 0.1) is 4.92 Å². The molecular weight excluding hydrogens is 292 g/mol. The quantitative estimate of drug-likeness (QED) is 0.525. The molecule has 0 aliphatic carbocycles. The topological polar surface area (TPSA) is 69.2 Å². The van der Waals surface area contributed by atoms with Gasteiger partial charge in [0.1, 0.15) is 5.69 Å². The van der Waals surface area contributed by atoms with Crippen LogP contribution in [0.5, 0.6) is 0 Å². The van der Waals surface area contributed by atoms with Gasteiger partial charge in [0.25, 0.3) is 5.69 Å². The first-order valence-corrected chi connectivity index (χ1v) is 6.49. The number of nitrogens with zero attached hydrogens (tertiary/aromatic N) is 2. The highest BCUT2D eigenvalue weighted by Crippen LogP contribution is 2.28. The Balaban J connectivity index is 1.93. The van der Waals surface area contributed by atoms with Crippen molar-refractivity contribution in [2.75, 3.05) is 0 Å². The summed E-state index contributed by atoms with van der Waals surface area (Å²) in [5.41, 5.74) is 2.22. The van der Waals surface area contributed by atoms with Crippen LogP contribution in [-0.4, -0.2) is 10.1 Å². The second kappa shape index (κ2) is 5.38. The maximum Gasteiger partial charge on any atom is 0.269 e. The molecule has 0 unspecified atom stereocenters. The third-order valence-corrected chi connectivity index (χ3v) is 3.23. The van der Waals surface area contributed by atoms with Gasteiger partial charge in [0.2, 0.25) is 0 Å². The summed E-state index contributed by atoms with van der Waals surface area (Å²) in [6.45, 7) is 0. The predicted octanol–water partition coefficient (Wildman–Crippen LogP) is 4.57. The van der Waals surface area contributed by atoms with E-state index in [0.29, 0.717) is 16.5 Å². The number of nitro benzene ring substituents is 1. The van der Waals surface area contributed by atoms with Gasteiger partial charge in [-0.05, 0) is 24.3 Å². The van der Waals surface area contributed by atoms with Crippen molar-refractivity contribution < 1.29 is 9.45 Å². The number of hydrogen-bond donors (Lipinski definition) is 0. The second-order valence-electron chi connectivity index (χ2n) is 4.39. The number of hydrogen-bond acceptors (Lipinski definition) is 4. The minimum absolute atomic E-state index is 0.0392. The molecule has 0 spiro atoms. The number of halogens is 1. The molecular formula is C15H9ClN2O3. The molecule has 0 radical (unpaired) electrons. The second-order valence-corrected chi connectivity index (χ2v) is 4.83. The van der Waals surface area contributed by atoms with E-state index in [2.05, 4.69) is 5.16 Å². The van der Waals surface area contributed by atoms with E-state index in [1.165, 1.54) is 12.1 Å². The first-order chi connectivity index (χ1) is 10.1. The minimum atomic E-state index is -0.441. The summed E-state index contributed by atoms with van der Waals surface area (Å²) in [4.78, 5) is 10.2. The zero-order chi connectivity index (χ0) is 14.8. The van der Waals surface area contributed by atoms with Crippen LogP contribution in [-0.2, 0) is 0 Å². The Morgan fingerprint density at radius 3 is 2.48 bits per heavy atom. The van der Waals surface area contributed by atoms with Crippen LogP contribution in [0.25, 0.3) is 22.6 Å². The van der Waals surface area contributed by atoms with Crippen molar-refractivity contribution in [1.29, 1.82) is 0 Å². The maximum atomic E-state index is 10.6. The average molecular weight is 301 g/mol. The van der Waals surface area contributed by atoms with Crippen molar-refractivity contribution in [2.45, 2.75) is 0 Å². The standard InChI is InChI=1S/C15H9ClN2O3/c16-12-3-1-2-11(8-12)15-9-14(17-21-15)10-4-6-13(7-5-10)18(19)20/h1-9H. The molecule has 0 fully saturated rings. The number of rotatable bonds is 3. The summed E-state index contributed by atoms with van der Waals surface area (Å²) in [5.74, 6) is 0.589. The molecule has 0 aliphatic rings. The van der Waals surface area contributed by atoms with Crippen LogP contribution in [0.1, 0.15) is 0 Å². The van der Waals surface area contributed by atoms with Gasteiger partial charge < -0.3 is 4.52 Å². The molecule has 0 atom stereocenters. The van der Waals surface area contributed by atoms with E-state index >= 15 is 0 Å². The van der Waals surface area contributed by atoms with Crippen molar-refractivity contribution in [3.05, 3.63) is 69.7 Å². The van der Waals surface area contributed by atoms with Crippen molar-refractivity contribution in [2.24, 2.45) is 0 Å². The van der Waals surface area contributed by atoms with Crippen LogP contribution >= 0.6 is 11.6 Å². The van der Waals surface area contributed by atoms with Crippen LogP contribution in [0.15, 0.2) is 59.1 Å². The Bertz CT molecular complexity index is 797. The van der Waals surface area contributed by atoms with Crippen LogP contribution in [0.3, 0.4) is 0 Å². The Labute approximate surface area is 124 Å². The first-order valence-electron chi connectivity index (χ1n) is 6.11. The molecule has 0 amide bonds. The molecule has 3 aromatic rings. The molecule has 0 bridgehead atoms. The highest BCUT2D eigenvalue weighted by atomic mass is 35.5. The molecule has 0 aliphatic heterocycles. The van der Waals surface area contributed by atoms with Gasteiger partial charge in [0.15, 0.2) is 5.76 Å². The predicted molar refractivity (Wildman–Crippen MR) is 79.0 cm³/mol. The molecule has 3 rings (SSSR count). The normalized spacial score (nSPS) is 10.5. The third-order valence-electron chi connectivity index (χ3n) is 2.99. The van der Waals surface area contributed by atoms with Gasteiger partial charge in [-0.3, -0.25) is 10.1 Å². The van der Waals surface area contributed by atoms with Gasteiger partial charge >= 0.3 is 0 Å². The van der Waals surface area contributed by atoms with E-state index in [-0.39, 0.29) is 5.69 Å². The van der Waals surface area contributed by atoms with E-state index in [0.717, 1.165) is 11.1 Å². The largest absolute Gasteiger partial charge is 0.356 e. The van der Waals surface area contributed by atoms with Gasteiger partial charge in [-0.15, -0.1) is 0 Å². The molecule has 1 heterocycles. The van der Waals surface area contributed by atoms with Crippen LogP contribution in [0.4, 0.5) is 5.69 Å². The molecule has 6 heteroatoms. The maximum absolute atomic E-state index is 10.6. The molecule has 2 aromatic carbocycles. The highest BCUT2D eigenvalue weighted by Gasteiger charge is 2.10. The fraction of sp³-hybridized carbons (Fsp3) is 0.